The number of H-pyrrole nitrogens is 2. The van der Waals surface area contributed by atoms with Gasteiger partial charge in [0.1, 0.15) is 11.6 Å². The van der Waals surface area contributed by atoms with Crippen molar-refractivity contribution in [1.82, 2.24) is 24.7 Å². The van der Waals surface area contributed by atoms with E-state index >= 15 is 0 Å². The van der Waals surface area contributed by atoms with Crippen LogP contribution in [0, 0.1) is 6.92 Å². The average Bonchev–Trinajstić information content (AvgIpc) is 3.35. The number of carbonyl (C=O) groups is 1. The molecule has 2 aromatic carbocycles. The number of anilines is 1. The molecule has 0 fully saturated rings. The van der Waals surface area contributed by atoms with Crippen LogP contribution in [0.4, 0.5) is 5.82 Å². The quantitative estimate of drug-likeness (QED) is 0.405. The summed E-state index contributed by atoms with van der Waals surface area (Å²) in [6, 6.07) is 12.9. The van der Waals surface area contributed by atoms with Gasteiger partial charge < -0.3 is 15.7 Å². The Kier molecular flexibility index (Phi) is 3.53. The fraction of sp³-hybridized carbons (Fsp3) is 0.0500. The molecule has 0 atom stereocenters. The SMILES string of the molecule is Cc1nc2cc(-n3ncc(C(=O)c4cc5ccc(Cl)cc5[nH]4)c3N)ccc2[nH]1. The Balaban J connectivity index is 1.55. The van der Waals surface area contributed by atoms with Crippen LogP contribution in [0.5, 0.6) is 0 Å². The van der Waals surface area contributed by atoms with E-state index in [-0.39, 0.29) is 11.6 Å². The number of hydrogen-bond acceptors (Lipinski definition) is 4. The fourth-order valence-electron chi connectivity index (χ4n) is 3.36. The van der Waals surface area contributed by atoms with Crippen molar-refractivity contribution >= 4 is 45.1 Å². The number of aryl methyl sites for hydroxylation is 1. The summed E-state index contributed by atoms with van der Waals surface area (Å²) in [5.41, 5.74) is 10.3. The number of nitrogen functional groups attached to an aromatic ring is 1. The Morgan fingerprint density at radius 2 is 1.96 bits per heavy atom. The minimum Gasteiger partial charge on any atom is -0.383 e. The minimum atomic E-state index is -0.229. The highest BCUT2D eigenvalue weighted by Crippen LogP contribution is 2.25. The molecular formula is C20H15ClN6O. The number of nitrogens with one attached hydrogen (secondary N) is 2. The molecule has 3 heterocycles. The molecular weight excluding hydrogens is 376 g/mol. The van der Waals surface area contributed by atoms with Gasteiger partial charge >= 0.3 is 0 Å². The van der Waals surface area contributed by atoms with Crippen LogP contribution in [0.3, 0.4) is 0 Å². The van der Waals surface area contributed by atoms with Crippen molar-refractivity contribution in [2.45, 2.75) is 6.92 Å². The lowest BCUT2D eigenvalue weighted by molar-refractivity contribution is 0.103. The average molecular weight is 391 g/mol. The van der Waals surface area contributed by atoms with Crippen LogP contribution in [-0.2, 0) is 0 Å². The highest BCUT2D eigenvalue weighted by Gasteiger charge is 2.20. The van der Waals surface area contributed by atoms with Crippen molar-refractivity contribution in [2.24, 2.45) is 0 Å². The van der Waals surface area contributed by atoms with Crippen LogP contribution in [0.1, 0.15) is 21.9 Å². The molecule has 0 saturated carbocycles. The molecule has 0 spiro atoms. The van der Waals surface area contributed by atoms with Crippen molar-refractivity contribution in [3.63, 3.8) is 0 Å². The third kappa shape index (κ3) is 2.56. The molecule has 0 amide bonds. The zero-order valence-electron chi connectivity index (χ0n) is 14.8. The minimum absolute atomic E-state index is 0.229. The van der Waals surface area contributed by atoms with E-state index in [4.69, 9.17) is 17.3 Å². The summed E-state index contributed by atoms with van der Waals surface area (Å²) in [4.78, 5) is 23.7. The number of nitrogens with two attached hydrogens (primary N) is 1. The Morgan fingerprint density at radius 1 is 1.11 bits per heavy atom. The van der Waals surface area contributed by atoms with E-state index in [1.807, 2.05) is 31.2 Å². The second-order valence-electron chi connectivity index (χ2n) is 6.62. The Hall–Kier alpha value is -3.58. The molecule has 0 aliphatic heterocycles. The van der Waals surface area contributed by atoms with Gasteiger partial charge in [-0.15, -0.1) is 0 Å². The van der Waals surface area contributed by atoms with Gasteiger partial charge in [-0.25, -0.2) is 9.67 Å². The summed E-state index contributed by atoms with van der Waals surface area (Å²) in [6.07, 6.45) is 1.48. The Bertz CT molecular complexity index is 1380. The third-order valence-electron chi connectivity index (χ3n) is 4.71. The maximum absolute atomic E-state index is 13.0. The molecule has 28 heavy (non-hydrogen) atoms. The number of benzene rings is 2. The first-order valence-corrected chi connectivity index (χ1v) is 9.00. The van der Waals surface area contributed by atoms with Crippen LogP contribution < -0.4 is 5.73 Å². The van der Waals surface area contributed by atoms with Gasteiger partial charge in [-0.2, -0.15) is 5.10 Å². The summed E-state index contributed by atoms with van der Waals surface area (Å²) >= 11 is 6.02. The van der Waals surface area contributed by atoms with Gasteiger partial charge in [-0.05, 0) is 43.3 Å². The number of hydrogen-bond donors (Lipinski definition) is 3. The Labute approximate surface area is 164 Å². The van der Waals surface area contributed by atoms with Crippen LogP contribution in [-0.4, -0.2) is 30.5 Å². The van der Waals surface area contributed by atoms with E-state index in [0.717, 1.165) is 33.4 Å². The molecule has 0 aliphatic carbocycles. The first-order chi connectivity index (χ1) is 13.5. The highest BCUT2D eigenvalue weighted by atomic mass is 35.5. The number of carbonyl (C=O) groups excluding carboxylic acids is 1. The van der Waals surface area contributed by atoms with Gasteiger partial charge in [0.15, 0.2) is 0 Å². The van der Waals surface area contributed by atoms with Crippen molar-refractivity contribution in [3.05, 3.63) is 70.8 Å². The lowest BCUT2D eigenvalue weighted by Gasteiger charge is -2.05. The summed E-state index contributed by atoms with van der Waals surface area (Å²) < 4.78 is 1.54. The molecule has 0 bridgehead atoms. The monoisotopic (exact) mass is 390 g/mol. The van der Waals surface area contributed by atoms with Gasteiger partial charge in [0.05, 0.1) is 34.2 Å². The van der Waals surface area contributed by atoms with Crippen molar-refractivity contribution < 1.29 is 4.79 Å². The van der Waals surface area contributed by atoms with E-state index < -0.39 is 0 Å². The summed E-state index contributed by atoms with van der Waals surface area (Å²) in [7, 11) is 0. The molecule has 8 heteroatoms. The fourth-order valence-corrected chi connectivity index (χ4v) is 3.53. The van der Waals surface area contributed by atoms with Gasteiger partial charge in [0.2, 0.25) is 5.78 Å². The molecule has 5 aromatic rings. The lowest BCUT2D eigenvalue weighted by atomic mass is 10.1. The van der Waals surface area contributed by atoms with Crippen LogP contribution >= 0.6 is 11.6 Å². The van der Waals surface area contributed by atoms with Crippen LogP contribution in [0.2, 0.25) is 5.02 Å². The summed E-state index contributed by atoms with van der Waals surface area (Å²) in [5, 5.41) is 5.81. The number of fused-ring (bicyclic) bond motifs is 2. The first-order valence-electron chi connectivity index (χ1n) is 8.63. The number of aromatic amines is 2. The number of aromatic nitrogens is 5. The first kappa shape index (κ1) is 16.6. The second kappa shape index (κ2) is 5.97. The molecule has 3 aromatic heterocycles. The maximum Gasteiger partial charge on any atom is 0.214 e. The molecule has 4 N–H and O–H groups in total. The molecule has 0 unspecified atom stereocenters. The van der Waals surface area contributed by atoms with Crippen molar-refractivity contribution in [3.8, 4) is 5.69 Å². The van der Waals surface area contributed by atoms with Gasteiger partial charge in [0.25, 0.3) is 0 Å². The zero-order chi connectivity index (χ0) is 19.4. The molecule has 138 valence electrons. The molecule has 5 rings (SSSR count). The number of ketones is 1. The smallest absolute Gasteiger partial charge is 0.214 e. The number of rotatable bonds is 3. The van der Waals surface area contributed by atoms with Gasteiger partial charge in [-0.3, -0.25) is 4.79 Å². The summed E-state index contributed by atoms with van der Waals surface area (Å²) in [6.45, 7) is 1.90. The summed E-state index contributed by atoms with van der Waals surface area (Å²) in [5.74, 6) is 0.872. The maximum atomic E-state index is 13.0. The molecule has 7 nitrogen and oxygen atoms in total. The zero-order valence-corrected chi connectivity index (χ0v) is 15.6. The van der Waals surface area contributed by atoms with Gasteiger partial charge in [0, 0.05) is 15.9 Å². The van der Waals surface area contributed by atoms with Crippen molar-refractivity contribution in [2.75, 3.05) is 5.73 Å². The number of imidazole rings is 1. The molecule has 0 saturated heterocycles. The predicted molar refractivity (Wildman–Crippen MR) is 109 cm³/mol. The largest absolute Gasteiger partial charge is 0.383 e. The lowest BCUT2D eigenvalue weighted by Crippen LogP contribution is -2.07. The molecule has 0 radical (unpaired) electrons. The molecule has 0 aliphatic rings. The van der Waals surface area contributed by atoms with E-state index in [1.54, 1.807) is 18.2 Å². The number of nitrogens with zero attached hydrogens (tertiary/aromatic N) is 3. The topological polar surface area (TPSA) is 105 Å². The highest BCUT2D eigenvalue weighted by molar-refractivity contribution is 6.31. The van der Waals surface area contributed by atoms with E-state index in [1.165, 1.54) is 10.9 Å². The third-order valence-corrected chi connectivity index (χ3v) is 4.94. The number of halogens is 1. The van der Waals surface area contributed by atoms with Crippen LogP contribution in [0.15, 0.2) is 48.7 Å². The second-order valence-corrected chi connectivity index (χ2v) is 7.06. The van der Waals surface area contributed by atoms with Gasteiger partial charge in [-0.1, -0.05) is 17.7 Å². The predicted octanol–water partition coefficient (Wildman–Crippen LogP) is 4.00. The van der Waals surface area contributed by atoms with E-state index in [2.05, 4.69) is 20.1 Å². The Morgan fingerprint density at radius 3 is 2.82 bits per heavy atom. The normalized spacial score (nSPS) is 11.5. The van der Waals surface area contributed by atoms with E-state index in [9.17, 15) is 4.79 Å². The van der Waals surface area contributed by atoms with E-state index in [0.29, 0.717) is 16.3 Å². The van der Waals surface area contributed by atoms with Crippen molar-refractivity contribution in [1.29, 1.82) is 0 Å². The van der Waals surface area contributed by atoms with Crippen LogP contribution in [0.25, 0.3) is 27.6 Å². The standard InChI is InChI=1S/C20H15ClN6O/c1-10-24-15-5-4-13(8-17(15)25-10)27-20(22)14(9-23-27)19(28)18-6-11-2-3-12(21)7-16(11)26-18/h2-9,26H,22H2,1H3,(H,24,25).